The lowest BCUT2D eigenvalue weighted by atomic mass is 9.80. The lowest BCUT2D eigenvalue weighted by Gasteiger charge is -2.29. The number of hydrogen-bond acceptors (Lipinski definition) is 6. The van der Waals surface area contributed by atoms with Crippen molar-refractivity contribution in [3.05, 3.63) is 269 Å². The number of anilines is 5. The van der Waals surface area contributed by atoms with Crippen molar-refractivity contribution in [3.8, 4) is 16.9 Å². The maximum atomic E-state index is 7.18. The van der Waals surface area contributed by atoms with Gasteiger partial charge in [0.25, 0.3) is 0 Å². The Kier molecular flexibility index (Phi) is 9.01. The van der Waals surface area contributed by atoms with Crippen molar-refractivity contribution in [2.24, 2.45) is 11.8 Å². The van der Waals surface area contributed by atoms with Crippen LogP contribution in [-0.2, 0) is 9.47 Å². The fourth-order valence-electron chi connectivity index (χ4n) is 14.0. The van der Waals surface area contributed by atoms with Gasteiger partial charge in [-0.15, -0.1) is 0 Å². The highest BCUT2D eigenvalue weighted by atomic mass is 16.5. The summed E-state index contributed by atoms with van der Waals surface area (Å²) in [5.74, 6) is 4.62. The van der Waals surface area contributed by atoms with E-state index in [1.807, 2.05) is 0 Å². The topological polar surface area (TPSA) is 37.4 Å². The average Bonchev–Trinajstić information content (AvgIpc) is 4.31. The summed E-state index contributed by atoms with van der Waals surface area (Å²) in [6.07, 6.45) is 17.0. The van der Waals surface area contributed by atoms with Crippen LogP contribution < -0.4 is 19.4 Å². The fraction of sp³-hybridized carbons (Fsp3) is 0.194. The van der Waals surface area contributed by atoms with Gasteiger partial charge in [0.15, 0.2) is 18.7 Å². The van der Waals surface area contributed by atoms with E-state index in [2.05, 4.69) is 234 Å². The Bertz CT molecular complexity index is 3630. The number of rotatable bonds is 6. The van der Waals surface area contributed by atoms with Crippen LogP contribution in [0.4, 0.5) is 28.4 Å². The standard InChI is InChI=1S/C67H53N3O3/c1-40-25-29-54-60(33-40)72-67-64(54)52-31-27-42(38-58(52)70(67)49-19-9-4-10-20-49)45-34-44(41-26-30-51-57(37-41)69(48-17-7-3-8-18-48)66-63(51)53-22-12-14-24-59(53)71-66)35-46(36-45)43-28-32-55-61(39-43)73-65-62(55)50-21-11-13-23-56(50)68(65)47-15-5-2-6-16-47/h2-25,27-31,34-41,55,62-67H,26,32-33H2,1H3/t40?,41?,55-,62?,63?,64?,65?,66?,67?/m0/s1. The zero-order valence-electron chi connectivity index (χ0n) is 40.6. The van der Waals surface area contributed by atoms with Gasteiger partial charge in [-0.05, 0) is 130 Å². The summed E-state index contributed by atoms with van der Waals surface area (Å²) in [5, 5.41) is 0. The Labute approximate surface area is 426 Å². The lowest BCUT2D eigenvalue weighted by molar-refractivity contribution is 0.135. The van der Waals surface area contributed by atoms with Gasteiger partial charge >= 0.3 is 0 Å². The zero-order valence-corrected chi connectivity index (χ0v) is 40.6. The van der Waals surface area contributed by atoms with Crippen molar-refractivity contribution in [1.82, 2.24) is 0 Å². The highest BCUT2D eigenvalue weighted by Crippen LogP contribution is 2.60. The largest absolute Gasteiger partial charge is 0.473 e. The van der Waals surface area contributed by atoms with Crippen LogP contribution in [0.15, 0.2) is 241 Å². The first-order valence-corrected chi connectivity index (χ1v) is 26.4. The molecule has 7 aromatic carbocycles. The van der Waals surface area contributed by atoms with Crippen LogP contribution in [0.3, 0.4) is 0 Å². The van der Waals surface area contributed by atoms with Gasteiger partial charge in [-0.1, -0.05) is 153 Å². The molecule has 0 saturated carbocycles. The van der Waals surface area contributed by atoms with Crippen LogP contribution in [0.5, 0.6) is 5.75 Å². The minimum absolute atomic E-state index is 0.100. The molecule has 0 spiro atoms. The van der Waals surface area contributed by atoms with E-state index in [0.717, 1.165) is 53.6 Å². The highest BCUT2D eigenvalue weighted by molar-refractivity contribution is 5.85. The van der Waals surface area contributed by atoms with Gasteiger partial charge in [-0.25, -0.2) is 0 Å². The van der Waals surface area contributed by atoms with Crippen molar-refractivity contribution in [2.75, 3.05) is 14.7 Å². The van der Waals surface area contributed by atoms with Crippen molar-refractivity contribution in [3.63, 3.8) is 0 Å². The van der Waals surface area contributed by atoms with Crippen LogP contribution in [0.2, 0.25) is 0 Å². The molecule has 9 aliphatic rings. The normalized spacial score (nSPS) is 27.1. The van der Waals surface area contributed by atoms with Crippen LogP contribution in [-0.4, -0.2) is 18.7 Å². The van der Waals surface area contributed by atoms with E-state index >= 15 is 0 Å². The zero-order chi connectivity index (χ0) is 47.9. The molecule has 73 heavy (non-hydrogen) atoms. The van der Waals surface area contributed by atoms with Crippen LogP contribution in [0, 0.1) is 11.8 Å². The molecule has 0 bridgehead atoms. The van der Waals surface area contributed by atoms with E-state index in [-0.39, 0.29) is 48.3 Å². The summed E-state index contributed by atoms with van der Waals surface area (Å²) >= 11 is 0. The molecule has 6 nitrogen and oxygen atoms in total. The molecule has 2 saturated heterocycles. The molecule has 9 atom stereocenters. The predicted octanol–water partition coefficient (Wildman–Crippen LogP) is 15.7. The summed E-state index contributed by atoms with van der Waals surface area (Å²) in [6.45, 7) is 2.28. The smallest absolute Gasteiger partial charge is 0.187 e. The Morgan fingerprint density at radius 3 is 2.00 bits per heavy atom. The Hall–Kier alpha value is -8.22. The summed E-state index contributed by atoms with van der Waals surface area (Å²) in [5.41, 5.74) is 20.0. The maximum absolute atomic E-state index is 7.18. The number of allylic oxidation sites excluding steroid dienone is 10. The van der Waals surface area contributed by atoms with E-state index in [0.29, 0.717) is 5.92 Å². The van der Waals surface area contributed by atoms with Crippen molar-refractivity contribution in [1.29, 1.82) is 0 Å². The Balaban J connectivity index is 0.822. The molecule has 0 N–H and O–H groups in total. The molecule has 16 rings (SSSR count). The fourth-order valence-corrected chi connectivity index (χ4v) is 14.0. The third-order valence-electron chi connectivity index (χ3n) is 17.3. The quantitative estimate of drug-likeness (QED) is 0.165. The molecule has 0 amide bonds. The molecule has 0 radical (unpaired) electrons. The minimum atomic E-state index is -0.137. The second-order valence-corrected chi connectivity index (χ2v) is 21.4. The molecule has 8 unspecified atom stereocenters. The molecule has 354 valence electrons. The molecule has 3 aliphatic carbocycles. The predicted molar refractivity (Wildman–Crippen MR) is 291 cm³/mol. The SMILES string of the molecule is CC1C=CC2=C(C1)OC1C2c2ccc(-c3cc(C4=CC[C@H]5C(=C4)OC4C5c5ccccc5N4c4ccccc4)cc(C4C=C5C(=CC4)C4c6ccccc6OC4N5c4ccccc4)c3)cc2N1c1ccccc1. The van der Waals surface area contributed by atoms with Gasteiger partial charge in [0, 0.05) is 63.5 Å². The van der Waals surface area contributed by atoms with Crippen molar-refractivity contribution in [2.45, 2.75) is 68.5 Å². The van der Waals surface area contributed by atoms with Crippen molar-refractivity contribution >= 4 is 34.0 Å². The van der Waals surface area contributed by atoms with Gasteiger partial charge < -0.3 is 28.9 Å². The molecule has 7 aromatic rings. The number of benzene rings is 7. The van der Waals surface area contributed by atoms with E-state index in [9.17, 15) is 0 Å². The number of para-hydroxylation sites is 5. The van der Waals surface area contributed by atoms with Gasteiger partial charge in [-0.2, -0.15) is 0 Å². The second kappa shape index (κ2) is 15.9. The second-order valence-electron chi connectivity index (χ2n) is 21.4. The molecule has 6 heterocycles. The third-order valence-corrected chi connectivity index (χ3v) is 17.3. The van der Waals surface area contributed by atoms with Gasteiger partial charge in [0.1, 0.15) is 17.3 Å². The monoisotopic (exact) mass is 947 g/mol. The number of hydrogen-bond donors (Lipinski definition) is 0. The highest BCUT2D eigenvalue weighted by Gasteiger charge is 2.53. The minimum Gasteiger partial charge on any atom is -0.473 e. The lowest BCUT2D eigenvalue weighted by Crippen LogP contribution is -2.33. The summed E-state index contributed by atoms with van der Waals surface area (Å²) < 4.78 is 21.0. The van der Waals surface area contributed by atoms with Crippen LogP contribution in [0.1, 0.15) is 77.7 Å². The van der Waals surface area contributed by atoms with Crippen LogP contribution >= 0.6 is 0 Å². The van der Waals surface area contributed by atoms with Crippen molar-refractivity contribution < 1.29 is 14.2 Å². The number of nitrogens with zero attached hydrogens (tertiary/aromatic N) is 3. The summed E-state index contributed by atoms with van der Waals surface area (Å²) in [6, 6.07) is 64.5. The van der Waals surface area contributed by atoms with Crippen LogP contribution in [0.25, 0.3) is 16.7 Å². The summed E-state index contributed by atoms with van der Waals surface area (Å²) in [7, 11) is 0. The molecule has 2 fully saturated rings. The van der Waals surface area contributed by atoms with Gasteiger partial charge in [-0.3, -0.25) is 0 Å². The first-order valence-electron chi connectivity index (χ1n) is 26.4. The van der Waals surface area contributed by atoms with E-state index in [4.69, 9.17) is 14.2 Å². The molecule has 6 aliphatic heterocycles. The van der Waals surface area contributed by atoms with Gasteiger partial charge in [0.2, 0.25) is 0 Å². The Morgan fingerprint density at radius 1 is 0.521 bits per heavy atom. The van der Waals surface area contributed by atoms with E-state index < -0.39 is 0 Å². The number of fused-ring (bicyclic) bond motifs is 14. The van der Waals surface area contributed by atoms with E-state index in [1.54, 1.807) is 0 Å². The molecular weight excluding hydrogens is 895 g/mol. The molecule has 6 heteroatoms. The summed E-state index contributed by atoms with van der Waals surface area (Å²) in [4.78, 5) is 7.33. The average molecular weight is 948 g/mol. The maximum Gasteiger partial charge on any atom is 0.187 e. The van der Waals surface area contributed by atoms with Gasteiger partial charge in [0.05, 0.1) is 17.8 Å². The first-order chi connectivity index (χ1) is 36.1. The van der Waals surface area contributed by atoms with E-state index in [1.165, 1.54) is 72.7 Å². The third kappa shape index (κ3) is 6.22. The molecule has 0 aromatic heterocycles. The number of ether oxygens (including phenoxy) is 3. The Morgan fingerprint density at radius 2 is 1.21 bits per heavy atom. The first kappa shape index (κ1) is 41.4. The molecular formula is C67H53N3O3.